The second-order valence-corrected chi connectivity index (χ2v) is 7.89. The molecule has 7 heteroatoms. The van der Waals surface area contributed by atoms with Crippen molar-refractivity contribution in [3.63, 3.8) is 0 Å². The van der Waals surface area contributed by atoms with Gasteiger partial charge in [0.1, 0.15) is 0 Å². The molecular formula is C23H31N5O2. The van der Waals surface area contributed by atoms with Crippen molar-refractivity contribution in [2.75, 3.05) is 16.3 Å². The fraction of sp³-hybridized carbons (Fsp3) is 0.478. The Kier molecular flexibility index (Phi) is 6.10. The molecule has 0 saturated heterocycles. The number of anilines is 3. The molecule has 0 aliphatic carbocycles. The van der Waals surface area contributed by atoms with Crippen LogP contribution in [0.15, 0.2) is 17.3 Å². The van der Waals surface area contributed by atoms with E-state index < -0.39 is 0 Å². The van der Waals surface area contributed by atoms with Crippen LogP contribution in [0, 0.1) is 27.7 Å². The van der Waals surface area contributed by atoms with Gasteiger partial charge < -0.3 is 10.1 Å². The van der Waals surface area contributed by atoms with Gasteiger partial charge in [0, 0.05) is 18.3 Å². The number of carbonyl (C=O) groups is 1. The van der Waals surface area contributed by atoms with E-state index >= 15 is 0 Å². The van der Waals surface area contributed by atoms with Crippen molar-refractivity contribution in [2.45, 2.75) is 67.3 Å². The van der Waals surface area contributed by atoms with Crippen molar-refractivity contribution in [2.24, 2.45) is 5.16 Å². The van der Waals surface area contributed by atoms with E-state index in [-0.39, 0.29) is 17.7 Å². The minimum atomic E-state index is -0.318. The highest BCUT2D eigenvalue weighted by Crippen LogP contribution is 2.37. The van der Waals surface area contributed by atoms with Gasteiger partial charge in [0.05, 0.1) is 11.3 Å². The Morgan fingerprint density at radius 1 is 1.07 bits per heavy atom. The molecule has 7 nitrogen and oxygen atoms in total. The highest BCUT2D eigenvalue weighted by Gasteiger charge is 2.41. The van der Waals surface area contributed by atoms with Crippen LogP contribution < -0.4 is 9.80 Å². The predicted octanol–water partition coefficient (Wildman–Crippen LogP) is 4.58. The van der Waals surface area contributed by atoms with Crippen molar-refractivity contribution >= 4 is 29.1 Å². The molecule has 0 unspecified atom stereocenters. The summed E-state index contributed by atoms with van der Waals surface area (Å²) in [5.41, 5.74) is 5.77. The molecule has 0 saturated carbocycles. The van der Waals surface area contributed by atoms with E-state index in [9.17, 15) is 10.0 Å². The van der Waals surface area contributed by atoms with Crippen LogP contribution in [0.2, 0.25) is 0 Å². The number of aryl methyl sites for hydroxylation is 4. The molecular weight excluding hydrogens is 378 g/mol. The fourth-order valence-electron chi connectivity index (χ4n) is 4.52. The maximum absolute atomic E-state index is 13.0. The van der Waals surface area contributed by atoms with Gasteiger partial charge in [-0.15, -0.1) is 0 Å². The van der Waals surface area contributed by atoms with Gasteiger partial charge in [-0.25, -0.2) is 4.98 Å². The molecule has 0 bridgehead atoms. The van der Waals surface area contributed by atoms with E-state index in [0.717, 1.165) is 29.7 Å². The minimum absolute atomic E-state index is 0.0180. The lowest BCUT2D eigenvalue weighted by molar-refractivity contribution is -0.112. The molecule has 2 heterocycles. The molecule has 1 aromatic heterocycles. The monoisotopic (exact) mass is 409 g/mol. The first kappa shape index (κ1) is 21.7. The van der Waals surface area contributed by atoms with E-state index in [1.807, 2.05) is 20.8 Å². The van der Waals surface area contributed by atoms with E-state index in [2.05, 4.69) is 49.9 Å². The third-order valence-electron chi connectivity index (χ3n) is 5.82. The number of aromatic nitrogens is 2. The molecule has 3 rings (SSSR count). The summed E-state index contributed by atoms with van der Waals surface area (Å²) in [5, 5.41) is 12.8. The van der Waals surface area contributed by atoms with Gasteiger partial charge in [-0.05, 0) is 58.6 Å². The van der Waals surface area contributed by atoms with Crippen LogP contribution in [0.4, 0.5) is 17.5 Å². The number of benzene rings is 1. The molecule has 1 aliphatic heterocycles. The first-order valence-electron chi connectivity index (χ1n) is 10.6. The molecule has 2 aromatic rings. The Labute approximate surface area is 178 Å². The highest BCUT2D eigenvalue weighted by molar-refractivity contribution is 6.54. The average Bonchev–Trinajstić information content (AvgIpc) is 2.97. The first-order valence-corrected chi connectivity index (χ1v) is 10.6. The highest BCUT2D eigenvalue weighted by atomic mass is 16.4. The molecule has 0 radical (unpaired) electrons. The number of carbonyl (C=O) groups excluding carboxylic acids is 1. The summed E-state index contributed by atoms with van der Waals surface area (Å²) < 4.78 is 0. The maximum atomic E-state index is 13.0. The van der Waals surface area contributed by atoms with Gasteiger partial charge in [-0.1, -0.05) is 36.7 Å². The maximum Gasteiger partial charge on any atom is 0.282 e. The topological polar surface area (TPSA) is 81.9 Å². The zero-order valence-corrected chi connectivity index (χ0v) is 18.9. The third-order valence-corrected chi connectivity index (χ3v) is 5.82. The number of amides is 1. The van der Waals surface area contributed by atoms with Crippen LogP contribution >= 0.6 is 0 Å². The quantitative estimate of drug-likeness (QED) is 0.558. The normalized spacial score (nSPS) is 14.7. The summed E-state index contributed by atoms with van der Waals surface area (Å²) in [7, 11) is 0. The summed E-state index contributed by atoms with van der Waals surface area (Å²) in [6.45, 7) is 14.9. The fourth-order valence-corrected chi connectivity index (χ4v) is 4.52. The lowest BCUT2D eigenvalue weighted by Gasteiger charge is -2.28. The lowest BCUT2D eigenvalue weighted by Crippen LogP contribution is -2.39. The van der Waals surface area contributed by atoms with Gasteiger partial charge in [0.25, 0.3) is 5.91 Å². The zero-order valence-electron chi connectivity index (χ0n) is 18.9. The number of fused-ring (bicyclic) bond motifs is 1. The number of oxime groups is 1. The van der Waals surface area contributed by atoms with Crippen LogP contribution in [0.1, 0.15) is 61.6 Å². The molecule has 1 amide bonds. The van der Waals surface area contributed by atoms with Crippen LogP contribution in [0.3, 0.4) is 0 Å². The van der Waals surface area contributed by atoms with E-state index in [1.54, 1.807) is 4.90 Å². The van der Waals surface area contributed by atoms with Crippen LogP contribution in [0.25, 0.3) is 0 Å². The Morgan fingerprint density at radius 3 is 2.17 bits per heavy atom. The van der Waals surface area contributed by atoms with Crippen LogP contribution in [0.5, 0.6) is 0 Å². The molecule has 30 heavy (non-hydrogen) atoms. The zero-order chi connectivity index (χ0) is 22.2. The molecule has 0 spiro atoms. The molecule has 0 atom stereocenters. The van der Waals surface area contributed by atoms with E-state index in [1.165, 1.54) is 5.56 Å². The van der Waals surface area contributed by atoms with Gasteiger partial charge >= 0.3 is 0 Å². The Hall–Kier alpha value is -2.96. The second kappa shape index (κ2) is 8.42. The largest absolute Gasteiger partial charge is 0.410 e. The molecule has 1 aromatic carbocycles. The average molecular weight is 410 g/mol. The number of nitrogens with zero attached hydrogens (tertiary/aromatic N) is 5. The predicted molar refractivity (Wildman–Crippen MR) is 120 cm³/mol. The van der Waals surface area contributed by atoms with Crippen molar-refractivity contribution < 1.29 is 10.0 Å². The molecule has 1 aliphatic rings. The summed E-state index contributed by atoms with van der Waals surface area (Å²) in [6, 6.07) is 4.29. The number of hydrogen-bond donors (Lipinski definition) is 1. The summed E-state index contributed by atoms with van der Waals surface area (Å²) in [5.74, 6) is 0.762. The Morgan fingerprint density at radius 2 is 1.67 bits per heavy atom. The Bertz CT molecular complexity index is 988. The Balaban J connectivity index is 2.23. The van der Waals surface area contributed by atoms with Crippen LogP contribution in [-0.2, 0) is 4.79 Å². The van der Waals surface area contributed by atoms with Crippen LogP contribution in [-0.4, -0.2) is 39.4 Å². The van der Waals surface area contributed by atoms with Gasteiger partial charge in [-0.2, -0.15) is 4.98 Å². The van der Waals surface area contributed by atoms with Crippen molar-refractivity contribution in [3.05, 3.63) is 40.1 Å². The molecule has 160 valence electrons. The van der Waals surface area contributed by atoms with E-state index in [4.69, 9.17) is 9.97 Å². The smallest absolute Gasteiger partial charge is 0.282 e. The van der Waals surface area contributed by atoms with Gasteiger partial charge in [0.2, 0.25) is 5.95 Å². The lowest BCUT2D eigenvalue weighted by atomic mass is 10.0. The number of hydrogen-bond acceptors (Lipinski definition) is 6. The summed E-state index contributed by atoms with van der Waals surface area (Å²) >= 11 is 0. The van der Waals surface area contributed by atoms with Gasteiger partial charge in [0.15, 0.2) is 11.5 Å². The van der Waals surface area contributed by atoms with Crippen molar-refractivity contribution in [1.82, 2.24) is 9.97 Å². The standard InChI is InChI=1S/C23H31N5O2/c1-8-17(9-2)28-21-18(19(26-30)22(28)29)16(7)24-23(25-21)27(10-3)20-14(5)11-13(4)12-15(20)6/h11-12,17,30H,8-10H2,1-7H3/b26-19-. The van der Waals surface area contributed by atoms with Crippen molar-refractivity contribution in [3.8, 4) is 0 Å². The second-order valence-electron chi connectivity index (χ2n) is 7.89. The third kappa shape index (κ3) is 3.42. The van der Waals surface area contributed by atoms with Gasteiger partial charge in [-0.3, -0.25) is 9.69 Å². The minimum Gasteiger partial charge on any atom is -0.410 e. The summed E-state index contributed by atoms with van der Waals surface area (Å²) in [6.07, 6.45) is 1.57. The van der Waals surface area contributed by atoms with Crippen molar-refractivity contribution in [1.29, 1.82) is 0 Å². The number of rotatable bonds is 6. The molecule has 0 fully saturated rings. The first-order chi connectivity index (χ1) is 14.3. The summed E-state index contributed by atoms with van der Waals surface area (Å²) in [4.78, 5) is 26.3. The van der Waals surface area contributed by atoms with E-state index in [0.29, 0.717) is 29.6 Å². The SMILES string of the molecule is CCC(CC)N1C(=O)/C(=N\O)c2c(C)nc(N(CC)c3c(C)cc(C)cc3C)nc21. The molecule has 1 N–H and O–H groups in total.